The van der Waals surface area contributed by atoms with Crippen LogP contribution in [0.15, 0.2) is 0 Å². The summed E-state index contributed by atoms with van der Waals surface area (Å²) in [6.45, 7) is 6.05. The van der Waals surface area contributed by atoms with E-state index in [1.807, 2.05) is 7.05 Å². The Labute approximate surface area is 109 Å². The first-order valence-corrected chi connectivity index (χ1v) is 7.87. The fraction of sp³-hybridized carbons (Fsp3) is 0.909. The molecule has 0 aromatic carbocycles. The molecule has 0 atom stereocenters. The van der Waals surface area contributed by atoms with Crippen molar-refractivity contribution in [2.45, 2.75) is 19.4 Å². The van der Waals surface area contributed by atoms with Crippen molar-refractivity contribution in [2.24, 2.45) is 5.73 Å². The Hall–Kier alpha value is -0.660. The maximum Gasteiger partial charge on any atom is 0.237 e. The lowest BCUT2D eigenvalue weighted by Gasteiger charge is -2.32. The molecule has 1 heterocycles. The van der Waals surface area contributed by atoms with Crippen LogP contribution >= 0.6 is 0 Å². The highest BCUT2D eigenvalue weighted by Crippen LogP contribution is 2.06. The highest BCUT2D eigenvalue weighted by atomic mass is 32.2. The molecule has 0 aromatic heterocycles. The SMILES string of the molecule is CN1CCN(C(=O)CS(=O)(=O)CC(C)(C)N)CC1. The molecule has 1 saturated heterocycles. The first-order valence-electron chi connectivity index (χ1n) is 6.05. The van der Waals surface area contributed by atoms with Crippen molar-refractivity contribution in [1.82, 2.24) is 9.80 Å². The summed E-state index contributed by atoms with van der Waals surface area (Å²) in [5.41, 5.74) is 4.88. The molecule has 2 N–H and O–H groups in total. The Kier molecular flexibility index (Phi) is 4.74. The number of rotatable bonds is 4. The summed E-state index contributed by atoms with van der Waals surface area (Å²) in [4.78, 5) is 15.6. The molecule has 0 aliphatic carbocycles. The van der Waals surface area contributed by atoms with Gasteiger partial charge in [-0.25, -0.2) is 8.42 Å². The number of likely N-dealkylation sites (N-methyl/N-ethyl adjacent to an activating group) is 1. The van der Waals surface area contributed by atoms with Crippen LogP contribution in [0, 0.1) is 0 Å². The highest BCUT2D eigenvalue weighted by molar-refractivity contribution is 7.92. The molecular weight excluding hydrogens is 254 g/mol. The monoisotopic (exact) mass is 277 g/mol. The van der Waals surface area contributed by atoms with E-state index in [2.05, 4.69) is 4.90 Å². The zero-order valence-electron chi connectivity index (χ0n) is 11.3. The molecule has 0 spiro atoms. The summed E-state index contributed by atoms with van der Waals surface area (Å²) in [7, 11) is -1.45. The largest absolute Gasteiger partial charge is 0.339 e. The van der Waals surface area contributed by atoms with Crippen LogP contribution in [0.3, 0.4) is 0 Å². The molecule has 1 rings (SSSR count). The van der Waals surface area contributed by atoms with Crippen molar-refractivity contribution in [3.63, 3.8) is 0 Å². The summed E-state index contributed by atoms with van der Waals surface area (Å²) < 4.78 is 23.7. The molecule has 0 bridgehead atoms. The van der Waals surface area contributed by atoms with Gasteiger partial charge in [0.1, 0.15) is 5.75 Å². The number of carbonyl (C=O) groups excluding carboxylic acids is 1. The summed E-state index contributed by atoms with van der Waals surface area (Å²) in [6.07, 6.45) is 0. The molecule has 0 unspecified atom stereocenters. The minimum atomic E-state index is -3.43. The van der Waals surface area contributed by atoms with Gasteiger partial charge in [0.2, 0.25) is 5.91 Å². The maximum absolute atomic E-state index is 11.9. The molecule has 7 heteroatoms. The molecule has 0 radical (unpaired) electrons. The minimum Gasteiger partial charge on any atom is -0.339 e. The third-order valence-electron chi connectivity index (χ3n) is 2.79. The molecule has 106 valence electrons. The third-order valence-corrected chi connectivity index (χ3v) is 4.66. The van der Waals surface area contributed by atoms with Crippen molar-refractivity contribution in [1.29, 1.82) is 0 Å². The summed E-state index contributed by atoms with van der Waals surface area (Å²) in [5, 5.41) is 0. The lowest BCUT2D eigenvalue weighted by Crippen LogP contribution is -2.50. The molecular formula is C11H23N3O3S. The molecule has 6 nitrogen and oxygen atoms in total. The summed E-state index contributed by atoms with van der Waals surface area (Å²) in [6, 6.07) is 0. The normalized spacial score (nSPS) is 19.0. The van der Waals surface area contributed by atoms with Crippen molar-refractivity contribution in [3.8, 4) is 0 Å². The highest BCUT2D eigenvalue weighted by Gasteiger charge is 2.28. The van der Waals surface area contributed by atoms with Crippen molar-refractivity contribution >= 4 is 15.7 Å². The van der Waals surface area contributed by atoms with E-state index in [0.29, 0.717) is 13.1 Å². The molecule has 18 heavy (non-hydrogen) atoms. The average Bonchev–Trinajstić information content (AvgIpc) is 2.13. The predicted octanol–water partition coefficient (Wildman–Crippen LogP) is -1.09. The van der Waals surface area contributed by atoms with Gasteiger partial charge in [0.25, 0.3) is 0 Å². The number of hydrogen-bond donors (Lipinski definition) is 1. The van der Waals surface area contributed by atoms with E-state index < -0.39 is 21.1 Å². The van der Waals surface area contributed by atoms with E-state index in [0.717, 1.165) is 13.1 Å². The van der Waals surface area contributed by atoms with E-state index in [1.165, 1.54) is 0 Å². The average molecular weight is 277 g/mol. The quantitative estimate of drug-likeness (QED) is 0.706. The van der Waals surface area contributed by atoms with Crippen LogP contribution in [-0.2, 0) is 14.6 Å². The standard InChI is InChI=1S/C11H23N3O3S/c1-11(2,12)9-18(16,17)8-10(15)14-6-4-13(3)5-7-14/h4-9,12H2,1-3H3. The Morgan fingerprint density at radius 2 is 1.72 bits per heavy atom. The van der Waals surface area contributed by atoms with Gasteiger partial charge in [0, 0.05) is 31.7 Å². The van der Waals surface area contributed by atoms with Gasteiger partial charge >= 0.3 is 0 Å². The van der Waals surface area contributed by atoms with E-state index >= 15 is 0 Å². The van der Waals surface area contributed by atoms with Crippen LogP contribution in [0.25, 0.3) is 0 Å². The van der Waals surface area contributed by atoms with Gasteiger partial charge in [-0.1, -0.05) is 0 Å². The van der Waals surface area contributed by atoms with E-state index in [1.54, 1.807) is 18.7 Å². The topological polar surface area (TPSA) is 83.7 Å². The molecule has 1 fully saturated rings. The smallest absolute Gasteiger partial charge is 0.237 e. The predicted molar refractivity (Wildman–Crippen MR) is 71.0 cm³/mol. The van der Waals surface area contributed by atoms with Crippen LogP contribution in [0.4, 0.5) is 0 Å². The van der Waals surface area contributed by atoms with Crippen LogP contribution in [0.1, 0.15) is 13.8 Å². The maximum atomic E-state index is 11.9. The van der Waals surface area contributed by atoms with Gasteiger partial charge in [-0.05, 0) is 20.9 Å². The number of carbonyl (C=O) groups is 1. The second-order valence-electron chi connectivity index (χ2n) is 5.70. The number of sulfone groups is 1. The fourth-order valence-corrected chi connectivity index (χ4v) is 3.75. The minimum absolute atomic E-state index is 0.167. The number of hydrogen-bond acceptors (Lipinski definition) is 5. The van der Waals surface area contributed by atoms with Crippen LogP contribution in [0.2, 0.25) is 0 Å². The molecule has 1 amide bonds. The Morgan fingerprint density at radius 3 is 2.17 bits per heavy atom. The van der Waals surface area contributed by atoms with Crippen LogP contribution in [0.5, 0.6) is 0 Å². The van der Waals surface area contributed by atoms with Crippen molar-refractivity contribution in [3.05, 3.63) is 0 Å². The van der Waals surface area contributed by atoms with Gasteiger partial charge in [-0.2, -0.15) is 0 Å². The Morgan fingerprint density at radius 1 is 1.22 bits per heavy atom. The summed E-state index contributed by atoms with van der Waals surface area (Å²) in [5.74, 6) is -0.913. The molecule has 1 aliphatic heterocycles. The second kappa shape index (κ2) is 5.54. The third kappa shape index (κ3) is 5.32. The lowest BCUT2D eigenvalue weighted by atomic mass is 10.1. The number of piperazine rings is 1. The number of nitrogens with zero attached hydrogens (tertiary/aromatic N) is 2. The molecule has 0 aromatic rings. The van der Waals surface area contributed by atoms with Gasteiger partial charge in [0.05, 0.1) is 5.75 Å². The number of amides is 1. The van der Waals surface area contributed by atoms with Gasteiger partial charge in [0.15, 0.2) is 9.84 Å². The van der Waals surface area contributed by atoms with E-state index in [-0.39, 0.29) is 11.7 Å². The lowest BCUT2D eigenvalue weighted by molar-refractivity contribution is -0.129. The zero-order valence-corrected chi connectivity index (χ0v) is 12.2. The zero-order chi connectivity index (χ0) is 14.0. The first-order chi connectivity index (χ1) is 8.09. The Balaban J connectivity index is 2.54. The van der Waals surface area contributed by atoms with Crippen molar-refractivity contribution < 1.29 is 13.2 Å². The van der Waals surface area contributed by atoms with Crippen molar-refractivity contribution in [2.75, 3.05) is 44.7 Å². The van der Waals surface area contributed by atoms with Crippen LogP contribution < -0.4 is 5.73 Å². The van der Waals surface area contributed by atoms with E-state index in [4.69, 9.17) is 5.73 Å². The Bertz CT molecular complexity index is 392. The molecule has 0 saturated carbocycles. The van der Waals surface area contributed by atoms with Gasteiger partial charge < -0.3 is 15.5 Å². The first kappa shape index (κ1) is 15.4. The van der Waals surface area contributed by atoms with Crippen LogP contribution in [-0.4, -0.2) is 74.4 Å². The fourth-order valence-electron chi connectivity index (χ4n) is 1.95. The molecule has 1 aliphatic rings. The van der Waals surface area contributed by atoms with Gasteiger partial charge in [-0.15, -0.1) is 0 Å². The van der Waals surface area contributed by atoms with E-state index in [9.17, 15) is 13.2 Å². The number of nitrogens with two attached hydrogens (primary N) is 1. The summed E-state index contributed by atoms with van der Waals surface area (Å²) >= 11 is 0. The van der Waals surface area contributed by atoms with Gasteiger partial charge in [-0.3, -0.25) is 4.79 Å². The second-order valence-corrected chi connectivity index (χ2v) is 7.77.